The standard InChI is InChI=1S/C19H28O3/c1-3-18(11-20-12-18)9-8-16-6-5-7-17(10-16)22-15-19(4-2)13-21-14-19/h5-7,10H,3-4,8-9,11-15H2,1-2H3. The minimum atomic E-state index is 0.242. The Morgan fingerprint density at radius 1 is 1.00 bits per heavy atom. The highest BCUT2D eigenvalue weighted by Gasteiger charge is 2.38. The van der Waals surface area contributed by atoms with Gasteiger partial charge in [0.2, 0.25) is 0 Å². The summed E-state index contributed by atoms with van der Waals surface area (Å²) in [6, 6.07) is 8.58. The van der Waals surface area contributed by atoms with E-state index in [-0.39, 0.29) is 5.41 Å². The van der Waals surface area contributed by atoms with Crippen molar-refractivity contribution in [1.82, 2.24) is 0 Å². The molecule has 2 saturated heterocycles. The lowest BCUT2D eigenvalue weighted by atomic mass is 9.78. The summed E-state index contributed by atoms with van der Waals surface area (Å²) in [6.07, 6.45) is 4.64. The minimum absolute atomic E-state index is 0.242. The molecule has 3 nitrogen and oxygen atoms in total. The maximum Gasteiger partial charge on any atom is 0.119 e. The fourth-order valence-electron chi connectivity index (χ4n) is 3.13. The van der Waals surface area contributed by atoms with Crippen molar-refractivity contribution in [2.24, 2.45) is 10.8 Å². The van der Waals surface area contributed by atoms with Crippen molar-refractivity contribution in [1.29, 1.82) is 0 Å². The maximum atomic E-state index is 6.04. The lowest BCUT2D eigenvalue weighted by Gasteiger charge is -2.41. The Balaban J connectivity index is 1.53. The second-order valence-electron chi connectivity index (χ2n) is 7.13. The van der Waals surface area contributed by atoms with E-state index in [1.54, 1.807) is 0 Å². The molecular formula is C19H28O3. The first kappa shape index (κ1) is 15.8. The van der Waals surface area contributed by atoms with Gasteiger partial charge in [-0.05, 0) is 43.4 Å². The van der Waals surface area contributed by atoms with Gasteiger partial charge < -0.3 is 14.2 Å². The number of aryl methyl sites for hydroxylation is 1. The summed E-state index contributed by atoms with van der Waals surface area (Å²) in [6.45, 7) is 8.78. The third kappa shape index (κ3) is 3.31. The predicted molar refractivity (Wildman–Crippen MR) is 87.3 cm³/mol. The Morgan fingerprint density at radius 2 is 1.68 bits per heavy atom. The van der Waals surface area contributed by atoms with Crippen LogP contribution in [-0.4, -0.2) is 33.0 Å². The van der Waals surface area contributed by atoms with Crippen LogP contribution in [0.25, 0.3) is 0 Å². The molecule has 0 bridgehead atoms. The molecule has 0 N–H and O–H groups in total. The fraction of sp³-hybridized carbons (Fsp3) is 0.684. The summed E-state index contributed by atoms with van der Waals surface area (Å²) < 4.78 is 16.8. The van der Waals surface area contributed by atoms with E-state index in [2.05, 4.69) is 38.1 Å². The third-order valence-corrected chi connectivity index (χ3v) is 5.52. The molecule has 0 aromatic heterocycles. The quantitative estimate of drug-likeness (QED) is 0.730. The lowest BCUT2D eigenvalue weighted by molar-refractivity contribution is -0.133. The fourth-order valence-corrected chi connectivity index (χ4v) is 3.13. The largest absolute Gasteiger partial charge is 0.493 e. The van der Waals surface area contributed by atoms with Gasteiger partial charge in [0.05, 0.1) is 38.4 Å². The zero-order valence-electron chi connectivity index (χ0n) is 13.9. The Morgan fingerprint density at radius 3 is 2.23 bits per heavy atom. The van der Waals surface area contributed by atoms with Crippen LogP contribution in [0.5, 0.6) is 5.75 Å². The molecule has 0 aliphatic carbocycles. The number of benzene rings is 1. The third-order valence-electron chi connectivity index (χ3n) is 5.52. The number of ether oxygens (including phenoxy) is 3. The van der Waals surface area contributed by atoms with Gasteiger partial charge in [0, 0.05) is 5.41 Å². The van der Waals surface area contributed by atoms with Crippen molar-refractivity contribution in [3.63, 3.8) is 0 Å². The van der Waals surface area contributed by atoms with Crippen LogP contribution >= 0.6 is 0 Å². The molecular weight excluding hydrogens is 276 g/mol. The monoisotopic (exact) mass is 304 g/mol. The van der Waals surface area contributed by atoms with E-state index in [0.29, 0.717) is 5.41 Å². The first-order valence-electron chi connectivity index (χ1n) is 8.57. The van der Waals surface area contributed by atoms with Gasteiger partial charge in [-0.1, -0.05) is 26.0 Å². The van der Waals surface area contributed by atoms with Crippen LogP contribution in [0.3, 0.4) is 0 Å². The topological polar surface area (TPSA) is 27.7 Å². The second-order valence-corrected chi connectivity index (χ2v) is 7.13. The van der Waals surface area contributed by atoms with Crippen molar-refractivity contribution >= 4 is 0 Å². The summed E-state index contributed by atoms with van der Waals surface area (Å²) in [4.78, 5) is 0. The number of hydrogen-bond donors (Lipinski definition) is 0. The normalized spacial score (nSPS) is 21.7. The van der Waals surface area contributed by atoms with Crippen molar-refractivity contribution in [3.8, 4) is 5.75 Å². The molecule has 3 rings (SSSR count). The van der Waals surface area contributed by atoms with Gasteiger partial charge in [-0.25, -0.2) is 0 Å². The van der Waals surface area contributed by atoms with E-state index in [9.17, 15) is 0 Å². The average molecular weight is 304 g/mol. The highest BCUT2D eigenvalue weighted by atomic mass is 16.5. The molecule has 1 aromatic carbocycles. The summed E-state index contributed by atoms with van der Waals surface area (Å²) in [5.74, 6) is 0.993. The molecule has 0 spiro atoms. The van der Waals surface area contributed by atoms with Gasteiger partial charge >= 0.3 is 0 Å². The first-order chi connectivity index (χ1) is 10.7. The number of rotatable bonds is 8. The summed E-state index contributed by atoms with van der Waals surface area (Å²) >= 11 is 0. The van der Waals surface area contributed by atoms with Crippen molar-refractivity contribution in [2.45, 2.75) is 39.5 Å². The maximum absolute atomic E-state index is 6.04. The molecule has 0 saturated carbocycles. The van der Waals surface area contributed by atoms with E-state index < -0.39 is 0 Å². The molecule has 2 aliphatic heterocycles. The van der Waals surface area contributed by atoms with Crippen LogP contribution in [0, 0.1) is 10.8 Å². The molecule has 0 amide bonds. The first-order valence-corrected chi connectivity index (χ1v) is 8.57. The van der Waals surface area contributed by atoms with Crippen molar-refractivity contribution < 1.29 is 14.2 Å². The van der Waals surface area contributed by atoms with Crippen molar-refractivity contribution in [2.75, 3.05) is 33.0 Å². The van der Waals surface area contributed by atoms with Crippen LogP contribution in [0.2, 0.25) is 0 Å². The Kier molecular flexibility index (Phi) is 4.74. The van der Waals surface area contributed by atoms with E-state index >= 15 is 0 Å². The predicted octanol–water partition coefficient (Wildman–Crippen LogP) is 3.85. The second kappa shape index (κ2) is 6.59. The molecule has 2 fully saturated rings. The van der Waals surface area contributed by atoms with Crippen LogP contribution in [0.15, 0.2) is 24.3 Å². The minimum Gasteiger partial charge on any atom is -0.493 e. The van der Waals surface area contributed by atoms with Crippen LogP contribution in [0.1, 0.15) is 38.7 Å². The Labute approximate surface area is 134 Å². The molecule has 1 aromatic rings. The van der Waals surface area contributed by atoms with Gasteiger partial charge in [0.1, 0.15) is 5.75 Å². The molecule has 0 atom stereocenters. The summed E-state index contributed by atoms with van der Waals surface area (Å²) in [5, 5.41) is 0. The van der Waals surface area contributed by atoms with Crippen LogP contribution < -0.4 is 4.74 Å². The molecule has 2 aliphatic rings. The van der Waals surface area contributed by atoms with E-state index in [1.807, 2.05) is 0 Å². The summed E-state index contributed by atoms with van der Waals surface area (Å²) in [7, 11) is 0. The van der Waals surface area contributed by atoms with Gasteiger partial charge in [-0.3, -0.25) is 0 Å². The highest BCUT2D eigenvalue weighted by Crippen LogP contribution is 2.36. The highest BCUT2D eigenvalue weighted by molar-refractivity contribution is 5.29. The van der Waals surface area contributed by atoms with Crippen LogP contribution in [0.4, 0.5) is 0 Å². The van der Waals surface area contributed by atoms with E-state index in [4.69, 9.17) is 14.2 Å². The molecule has 22 heavy (non-hydrogen) atoms. The zero-order chi connectivity index (χ0) is 15.5. The molecule has 3 heteroatoms. The Bertz CT molecular complexity index is 437. The van der Waals surface area contributed by atoms with Gasteiger partial charge in [0.15, 0.2) is 0 Å². The Hall–Kier alpha value is -1.06. The summed E-state index contributed by atoms with van der Waals surface area (Å²) in [5.41, 5.74) is 2.03. The molecule has 122 valence electrons. The van der Waals surface area contributed by atoms with Gasteiger partial charge in [-0.15, -0.1) is 0 Å². The number of hydrogen-bond acceptors (Lipinski definition) is 3. The molecule has 0 radical (unpaired) electrons. The average Bonchev–Trinajstić information content (AvgIpc) is 2.46. The van der Waals surface area contributed by atoms with Crippen LogP contribution in [-0.2, 0) is 15.9 Å². The van der Waals surface area contributed by atoms with E-state index in [1.165, 1.54) is 18.4 Å². The van der Waals surface area contributed by atoms with Gasteiger partial charge in [-0.2, -0.15) is 0 Å². The smallest absolute Gasteiger partial charge is 0.119 e. The van der Waals surface area contributed by atoms with Crippen molar-refractivity contribution in [3.05, 3.63) is 29.8 Å². The lowest BCUT2D eigenvalue weighted by Crippen LogP contribution is -2.46. The van der Waals surface area contributed by atoms with Gasteiger partial charge in [0.25, 0.3) is 0 Å². The van der Waals surface area contributed by atoms with E-state index in [0.717, 1.165) is 51.6 Å². The zero-order valence-corrected chi connectivity index (χ0v) is 13.9. The molecule has 0 unspecified atom stereocenters. The molecule has 2 heterocycles. The SMILES string of the molecule is CCC1(CCc2cccc(OCC3(CC)COC3)c2)COC1.